The molecule has 0 amide bonds. The van der Waals surface area contributed by atoms with Gasteiger partial charge in [0.05, 0.1) is 5.56 Å². The third-order valence-electron chi connectivity index (χ3n) is 2.28. The Hall–Kier alpha value is -1.45. The maximum absolute atomic E-state index is 12.2. The van der Waals surface area contributed by atoms with Gasteiger partial charge in [-0.15, -0.1) is 0 Å². The van der Waals surface area contributed by atoms with E-state index in [9.17, 15) is 13.6 Å². The molecule has 0 aliphatic rings. The number of rotatable bonds is 4. The molecule has 0 N–H and O–H groups in total. The second-order valence-electron chi connectivity index (χ2n) is 3.59. The Bertz CT molecular complexity index is 400. The minimum atomic E-state index is -2.91. The number of aryl methyl sites for hydroxylation is 2. The summed E-state index contributed by atoms with van der Waals surface area (Å²) >= 11 is 0. The zero-order valence-electron chi connectivity index (χ0n) is 9.51. The van der Waals surface area contributed by atoms with Crippen molar-refractivity contribution < 1.29 is 18.3 Å². The first-order valence-electron chi connectivity index (χ1n) is 5.05. The van der Waals surface area contributed by atoms with Crippen LogP contribution in [0.2, 0.25) is 0 Å². The summed E-state index contributed by atoms with van der Waals surface area (Å²) in [7, 11) is 0. The Morgan fingerprint density at radius 2 is 2.06 bits per heavy atom. The first kappa shape index (κ1) is 12.6. The van der Waals surface area contributed by atoms with E-state index in [4.69, 9.17) is 0 Å². The van der Waals surface area contributed by atoms with Gasteiger partial charge in [0.25, 0.3) is 0 Å². The fourth-order valence-corrected chi connectivity index (χ4v) is 1.69. The van der Waals surface area contributed by atoms with Crippen molar-refractivity contribution in [2.45, 2.75) is 33.8 Å². The van der Waals surface area contributed by atoms with E-state index in [1.807, 2.05) is 13.0 Å². The molecule has 0 atom stereocenters. The number of Topliss-reactive ketones (excluding diaryl/α,β-unsaturated/α-hetero) is 1. The quantitative estimate of drug-likeness (QED) is 0.738. The molecule has 0 fully saturated rings. The van der Waals surface area contributed by atoms with Crippen molar-refractivity contribution in [3.05, 3.63) is 28.8 Å². The summed E-state index contributed by atoms with van der Waals surface area (Å²) in [4.78, 5) is 11.4. The van der Waals surface area contributed by atoms with Gasteiger partial charge in [0.15, 0.2) is 5.78 Å². The van der Waals surface area contributed by atoms with Gasteiger partial charge in [-0.05, 0) is 37.5 Å². The van der Waals surface area contributed by atoms with Crippen LogP contribution in [0.15, 0.2) is 12.1 Å². The Balaban J connectivity index is 3.32. The lowest BCUT2D eigenvalue weighted by Gasteiger charge is -2.13. The molecule has 0 heterocycles. The minimum absolute atomic E-state index is 0.0284. The van der Waals surface area contributed by atoms with Gasteiger partial charge in [0.2, 0.25) is 0 Å². The SMILES string of the molecule is CCc1cc(C)cc(OC(F)F)c1C(C)=O. The van der Waals surface area contributed by atoms with Crippen LogP contribution in [0, 0.1) is 6.92 Å². The van der Waals surface area contributed by atoms with Crippen LogP contribution in [0.1, 0.15) is 35.3 Å². The maximum Gasteiger partial charge on any atom is 0.387 e. The van der Waals surface area contributed by atoms with E-state index in [-0.39, 0.29) is 17.1 Å². The fourth-order valence-electron chi connectivity index (χ4n) is 1.69. The fraction of sp³-hybridized carbons (Fsp3) is 0.417. The average molecular weight is 228 g/mol. The van der Waals surface area contributed by atoms with Crippen molar-refractivity contribution in [1.82, 2.24) is 0 Å². The standard InChI is InChI=1S/C12H14F2O2/c1-4-9-5-7(2)6-10(16-12(13)14)11(9)8(3)15/h5-6,12H,4H2,1-3H3. The molecule has 0 aromatic heterocycles. The number of carbonyl (C=O) groups excluding carboxylic acids is 1. The van der Waals surface area contributed by atoms with Crippen LogP contribution in [-0.2, 0) is 6.42 Å². The minimum Gasteiger partial charge on any atom is -0.434 e. The Morgan fingerprint density at radius 1 is 1.44 bits per heavy atom. The number of carbonyl (C=O) groups is 1. The lowest BCUT2D eigenvalue weighted by molar-refractivity contribution is -0.0501. The number of hydrogen-bond donors (Lipinski definition) is 0. The molecule has 88 valence electrons. The van der Waals surface area contributed by atoms with E-state index in [1.54, 1.807) is 6.92 Å². The highest BCUT2D eigenvalue weighted by atomic mass is 19.3. The van der Waals surface area contributed by atoms with Crippen molar-refractivity contribution in [2.24, 2.45) is 0 Å². The zero-order chi connectivity index (χ0) is 12.3. The van der Waals surface area contributed by atoms with Gasteiger partial charge in [-0.3, -0.25) is 4.79 Å². The largest absolute Gasteiger partial charge is 0.434 e. The molecule has 0 unspecified atom stereocenters. The number of hydrogen-bond acceptors (Lipinski definition) is 2. The summed E-state index contributed by atoms with van der Waals surface area (Å²) in [5, 5.41) is 0. The molecular formula is C12H14F2O2. The first-order chi connectivity index (χ1) is 7.45. The molecule has 16 heavy (non-hydrogen) atoms. The smallest absolute Gasteiger partial charge is 0.387 e. The molecular weight excluding hydrogens is 214 g/mol. The first-order valence-corrected chi connectivity index (χ1v) is 5.05. The van der Waals surface area contributed by atoms with Crippen molar-refractivity contribution in [2.75, 3.05) is 0 Å². The monoisotopic (exact) mass is 228 g/mol. The van der Waals surface area contributed by atoms with Crippen molar-refractivity contribution in [3.63, 3.8) is 0 Å². The van der Waals surface area contributed by atoms with Crippen molar-refractivity contribution >= 4 is 5.78 Å². The van der Waals surface area contributed by atoms with Gasteiger partial charge in [0.1, 0.15) is 5.75 Å². The Morgan fingerprint density at radius 3 is 2.50 bits per heavy atom. The normalized spacial score (nSPS) is 10.6. The number of ketones is 1. The van der Waals surface area contributed by atoms with Gasteiger partial charge in [-0.2, -0.15) is 8.78 Å². The Labute approximate surface area is 93.2 Å². The third kappa shape index (κ3) is 2.78. The van der Waals surface area contributed by atoms with E-state index >= 15 is 0 Å². The van der Waals surface area contributed by atoms with Gasteiger partial charge in [-0.25, -0.2) is 0 Å². The van der Waals surface area contributed by atoms with E-state index in [1.165, 1.54) is 13.0 Å². The second-order valence-corrected chi connectivity index (χ2v) is 3.59. The van der Waals surface area contributed by atoms with Crippen LogP contribution in [0.25, 0.3) is 0 Å². The molecule has 0 radical (unpaired) electrons. The molecule has 0 saturated carbocycles. The number of halogens is 2. The summed E-state index contributed by atoms with van der Waals surface area (Å²) in [6.07, 6.45) is 0.607. The van der Waals surface area contributed by atoms with E-state index < -0.39 is 6.61 Å². The van der Waals surface area contributed by atoms with Crippen molar-refractivity contribution in [1.29, 1.82) is 0 Å². The van der Waals surface area contributed by atoms with Crippen molar-refractivity contribution in [3.8, 4) is 5.75 Å². The molecule has 0 aliphatic heterocycles. The van der Waals surface area contributed by atoms with Crippen LogP contribution in [0.4, 0.5) is 8.78 Å². The lowest BCUT2D eigenvalue weighted by Crippen LogP contribution is -2.09. The van der Waals surface area contributed by atoms with E-state index in [0.717, 1.165) is 11.1 Å². The summed E-state index contributed by atoms with van der Waals surface area (Å²) in [5.74, 6) is -0.285. The van der Waals surface area contributed by atoms with E-state index in [2.05, 4.69) is 4.74 Å². The van der Waals surface area contributed by atoms with Crippen LogP contribution in [-0.4, -0.2) is 12.4 Å². The molecule has 1 rings (SSSR count). The van der Waals surface area contributed by atoms with Gasteiger partial charge in [0, 0.05) is 0 Å². The molecule has 1 aromatic carbocycles. The molecule has 1 aromatic rings. The van der Waals surface area contributed by atoms with Gasteiger partial charge < -0.3 is 4.74 Å². The number of benzene rings is 1. The maximum atomic E-state index is 12.2. The zero-order valence-corrected chi connectivity index (χ0v) is 9.51. The Kier molecular flexibility index (Phi) is 3.99. The highest BCUT2D eigenvalue weighted by Crippen LogP contribution is 2.27. The molecule has 0 bridgehead atoms. The summed E-state index contributed by atoms with van der Waals surface area (Å²) < 4.78 is 28.8. The number of ether oxygens (including phenoxy) is 1. The summed E-state index contributed by atoms with van der Waals surface area (Å²) in [6, 6.07) is 3.27. The molecule has 4 heteroatoms. The van der Waals surface area contributed by atoms with Gasteiger partial charge >= 0.3 is 6.61 Å². The van der Waals surface area contributed by atoms with E-state index in [0.29, 0.717) is 6.42 Å². The molecule has 0 spiro atoms. The highest BCUT2D eigenvalue weighted by Gasteiger charge is 2.17. The molecule has 2 nitrogen and oxygen atoms in total. The lowest BCUT2D eigenvalue weighted by atomic mass is 9.98. The summed E-state index contributed by atoms with van der Waals surface area (Å²) in [5.41, 5.74) is 1.80. The van der Waals surface area contributed by atoms with Crippen LogP contribution in [0.5, 0.6) is 5.75 Å². The predicted molar refractivity (Wildman–Crippen MR) is 57.2 cm³/mol. The second kappa shape index (κ2) is 5.05. The topological polar surface area (TPSA) is 26.3 Å². The van der Waals surface area contributed by atoms with Gasteiger partial charge in [-0.1, -0.05) is 13.0 Å². The average Bonchev–Trinajstić information content (AvgIpc) is 2.14. The van der Waals surface area contributed by atoms with Crippen LogP contribution >= 0.6 is 0 Å². The summed E-state index contributed by atoms with van der Waals surface area (Å²) in [6.45, 7) is 2.08. The highest BCUT2D eigenvalue weighted by molar-refractivity contribution is 5.98. The molecule has 0 saturated heterocycles. The number of alkyl halides is 2. The predicted octanol–water partition coefficient (Wildman–Crippen LogP) is 3.36. The third-order valence-corrected chi connectivity index (χ3v) is 2.28. The van der Waals surface area contributed by atoms with Crippen LogP contribution < -0.4 is 4.74 Å². The molecule has 0 aliphatic carbocycles. The van der Waals surface area contributed by atoms with Crippen LogP contribution in [0.3, 0.4) is 0 Å².